The van der Waals surface area contributed by atoms with Gasteiger partial charge in [-0.25, -0.2) is 0 Å². The van der Waals surface area contributed by atoms with Crippen LogP contribution in [-0.2, 0) is 4.79 Å². The number of rotatable bonds is 4. The van der Waals surface area contributed by atoms with Gasteiger partial charge >= 0.3 is 0 Å². The van der Waals surface area contributed by atoms with Gasteiger partial charge in [0.15, 0.2) is 0 Å². The third-order valence-corrected chi connectivity index (χ3v) is 3.79. The van der Waals surface area contributed by atoms with E-state index in [2.05, 4.69) is 41.3 Å². The average molecular weight is 275 g/mol. The van der Waals surface area contributed by atoms with Crippen LogP contribution in [-0.4, -0.2) is 44.5 Å². The second kappa shape index (κ2) is 6.75. The molecular weight excluding hydrogens is 250 g/mol. The number of hydrogen-bond acceptors (Lipinski definition) is 3. The predicted octanol–water partition coefficient (Wildman–Crippen LogP) is 2.42. The van der Waals surface area contributed by atoms with Crippen LogP contribution < -0.4 is 10.2 Å². The maximum Gasteiger partial charge on any atom is 0.221 e. The monoisotopic (exact) mass is 275 g/mol. The molecule has 0 bridgehead atoms. The summed E-state index contributed by atoms with van der Waals surface area (Å²) in [5.74, 6) is 0.794. The first-order valence-corrected chi connectivity index (χ1v) is 7.32. The number of carbonyl (C=O) groups excluding carboxylic acids is 1. The lowest BCUT2D eigenvalue weighted by Crippen LogP contribution is -2.37. The second-order valence-electron chi connectivity index (χ2n) is 5.92. The van der Waals surface area contributed by atoms with E-state index in [-0.39, 0.29) is 5.91 Å². The molecule has 1 heterocycles. The van der Waals surface area contributed by atoms with Crippen molar-refractivity contribution in [3.05, 3.63) is 24.3 Å². The third kappa shape index (κ3) is 4.23. The lowest BCUT2D eigenvalue weighted by Gasteiger charge is -2.34. The van der Waals surface area contributed by atoms with Gasteiger partial charge in [-0.15, -0.1) is 0 Å². The van der Waals surface area contributed by atoms with Crippen molar-refractivity contribution in [2.45, 2.75) is 19.8 Å². The molecule has 1 saturated heterocycles. The lowest BCUT2D eigenvalue weighted by molar-refractivity contribution is -0.114. The van der Waals surface area contributed by atoms with Gasteiger partial charge in [-0.1, -0.05) is 0 Å². The maximum absolute atomic E-state index is 11.0. The minimum atomic E-state index is -0.0257. The standard InChI is InChI=1S/C16H25N3O/c1-13(20)17-15-4-6-16(7-5-15)19-10-8-14(9-11-19)12-18(2)3/h4-7,14H,8-12H2,1-3H3,(H,17,20). The van der Waals surface area contributed by atoms with E-state index in [1.807, 2.05) is 12.1 Å². The first kappa shape index (κ1) is 14.9. The molecule has 0 spiro atoms. The Bertz CT molecular complexity index is 434. The van der Waals surface area contributed by atoms with Gasteiger partial charge in [-0.05, 0) is 57.1 Å². The van der Waals surface area contributed by atoms with Gasteiger partial charge in [-0.2, -0.15) is 0 Å². The summed E-state index contributed by atoms with van der Waals surface area (Å²) in [5, 5.41) is 2.80. The number of piperidine rings is 1. The number of hydrogen-bond donors (Lipinski definition) is 1. The molecule has 0 aliphatic carbocycles. The Morgan fingerprint density at radius 2 is 1.85 bits per heavy atom. The zero-order chi connectivity index (χ0) is 14.5. The van der Waals surface area contributed by atoms with Crippen LogP contribution in [0.25, 0.3) is 0 Å². The van der Waals surface area contributed by atoms with E-state index in [1.165, 1.54) is 32.0 Å². The Kier molecular flexibility index (Phi) is 5.01. The van der Waals surface area contributed by atoms with Crippen molar-refractivity contribution in [3.63, 3.8) is 0 Å². The molecule has 1 aliphatic heterocycles. The van der Waals surface area contributed by atoms with Crippen LogP contribution in [0.15, 0.2) is 24.3 Å². The third-order valence-electron chi connectivity index (χ3n) is 3.79. The highest BCUT2D eigenvalue weighted by molar-refractivity contribution is 5.88. The molecule has 0 unspecified atom stereocenters. The molecule has 4 heteroatoms. The SMILES string of the molecule is CC(=O)Nc1ccc(N2CCC(CN(C)C)CC2)cc1. The predicted molar refractivity (Wildman–Crippen MR) is 84.2 cm³/mol. The zero-order valence-electron chi connectivity index (χ0n) is 12.7. The topological polar surface area (TPSA) is 35.6 Å². The van der Waals surface area contributed by atoms with E-state index >= 15 is 0 Å². The fourth-order valence-corrected chi connectivity index (χ4v) is 2.85. The Balaban J connectivity index is 1.88. The largest absolute Gasteiger partial charge is 0.372 e. The Labute approximate surface area is 121 Å². The average Bonchev–Trinajstić information content (AvgIpc) is 2.39. The summed E-state index contributed by atoms with van der Waals surface area (Å²) in [6, 6.07) is 8.14. The molecule has 110 valence electrons. The van der Waals surface area contributed by atoms with Crippen LogP contribution in [0.2, 0.25) is 0 Å². The molecule has 2 rings (SSSR count). The van der Waals surface area contributed by atoms with Gasteiger partial charge in [0.2, 0.25) is 5.91 Å². The number of benzene rings is 1. The van der Waals surface area contributed by atoms with Crippen LogP contribution in [0, 0.1) is 5.92 Å². The summed E-state index contributed by atoms with van der Waals surface area (Å²) >= 11 is 0. The van der Waals surface area contributed by atoms with Crippen molar-refractivity contribution in [2.24, 2.45) is 5.92 Å². The summed E-state index contributed by atoms with van der Waals surface area (Å²) < 4.78 is 0. The molecule has 1 aliphatic rings. The highest BCUT2D eigenvalue weighted by Gasteiger charge is 2.19. The molecule has 1 fully saturated rings. The zero-order valence-corrected chi connectivity index (χ0v) is 12.7. The first-order valence-electron chi connectivity index (χ1n) is 7.32. The highest BCUT2D eigenvalue weighted by Crippen LogP contribution is 2.24. The lowest BCUT2D eigenvalue weighted by atomic mass is 9.96. The first-order chi connectivity index (χ1) is 9.54. The van der Waals surface area contributed by atoms with Crippen LogP contribution >= 0.6 is 0 Å². The fourth-order valence-electron chi connectivity index (χ4n) is 2.85. The molecule has 0 atom stereocenters. The Morgan fingerprint density at radius 3 is 2.35 bits per heavy atom. The van der Waals surface area contributed by atoms with Crippen molar-refractivity contribution < 1.29 is 4.79 Å². The van der Waals surface area contributed by atoms with Gasteiger partial charge in [0, 0.05) is 37.9 Å². The van der Waals surface area contributed by atoms with Crippen molar-refractivity contribution in [1.29, 1.82) is 0 Å². The minimum Gasteiger partial charge on any atom is -0.372 e. The van der Waals surface area contributed by atoms with E-state index in [0.717, 1.165) is 24.7 Å². The normalized spacial score (nSPS) is 16.5. The van der Waals surface area contributed by atoms with Crippen LogP contribution in [0.4, 0.5) is 11.4 Å². The molecule has 4 nitrogen and oxygen atoms in total. The summed E-state index contributed by atoms with van der Waals surface area (Å²) in [6.07, 6.45) is 2.51. The molecule has 0 aromatic heterocycles. The highest BCUT2D eigenvalue weighted by atomic mass is 16.1. The number of anilines is 2. The second-order valence-corrected chi connectivity index (χ2v) is 5.92. The molecular formula is C16H25N3O. The quantitative estimate of drug-likeness (QED) is 0.916. The van der Waals surface area contributed by atoms with Gasteiger partial charge in [0.25, 0.3) is 0 Å². The van der Waals surface area contributed by atoms with Crippen LogP contribution in [0.3, 0.4) is 0 Å². The molecule has 0 radical (unpaired) electrons. The summed E-state index contributed by atoms with van der Waals surface area (Å²) in [4.78, 5) is 15.7. The van der Waals surface area contributed by atoms with E-state index in [9.17, 15) is 4.79 Å². The molecule has 20 heavy (non-hydrogen) atoms. The maximum atomic E-state index is 11.0. The van der Waals surface area contributed by atoms with Gasteiger partial charge in [0.05, 0.1) is 0 Å². The van der Waals surface area contributed by atoms with Crippen molar-refractivity contribution in [1.82, 2.24) is 4.90 Å². The molecule has 1 N–H and O–H groups in total. The van der Waals surface area contributed by atoms with Gasteiger partial charge in [-0.3, -0.25) is 4.79 Å². The van der Waals surface area contributed by atoms with Crippen LogP contribution in [0.5, 0.6) is 0 Å². The number of nitrogens with zero attached hydrogens (tertiary/aromatic N) is 2. The molecule has 0 saturated carbocycles. The fraction of sp³-hybridized carbons (Fsp3) is 0.562. The smallest absolute Gasteiger partial charge is 0.221 e. The van der Waals surface area contributed by atoms with Crippen molar-refractivity contribution >= 4 is 17.3 Å². The number of nitrogens with one attached hydrogen (secondary N) is 1. The minimum absolute atomic E-state index is 0.0257. The van der Waals surface area contributed by atoms with E-state index in [4.69, 9.17) is 0 Å². The van der Waals surface area contributed by atoms with E-state index in [1.54, 1.807) is 0 Å². The van der Waals surface area contributed by atoms with E-state index < -0.39 is 0 Å². The summed E-state index contributed by atoms with van der Waals surface area (Å²) in [6.45, 7) is 4.97. The Hall–Kier alpha value is -1.55. The molecule has 1 amide bonds. The number of amides is 1. The Morgan fingerprint density at radius 1 is 1.25 bits per heavy atom. The van der Waals surface area contributed by atoms with Crippen LogP contribution in [0.1, 0.15) is 19.8 Å². The van der Waals surface area contributed by atoms with Crippen molar-refractivity contribution in [2.75, 3.05) is 43.9 Å². The number of carbonyl (C=O) groups is 1. The van der Waals surface area contributed by atoms with Crippen molar-refractivity contribution in [3.8, 4) is 0 Å². The summed E-state index contributed by atoms with van der Waals surface area (Å²) in [5.41, 5.74) is 2.12. The summed E-state index contributed by atoms with van der Waals surface area (Å²) in [7, 11) is 4.29. The molecule has 1 aromatic rings. The van der Waals surface area contributed by atoms with Gasteiger partial charge < -0.3 is 15.1 Å². The van der Waals surface area contributed by atoms with E-state index in [0.29, 0.717) is 0 Å². The van der Waals surface area contributed by atoms with Gasteiger partial charge in [0.1, 0.15) is 0 Å². The molecule has 1 aromatic carbocycles.